The third-order valence-electron chi connectivity index (χ3n) is 4.19. The standard InChI is InChI=1S/C21H16ClFN4O2/c22-14-6-7-16-17(12-14)26-20(18-5-2-10-29-18)27-19(16)24-8-9-25-21(28)13-3-1-4-15(23)11-13/h1-7,10-12H,8-9H2,(H,25,28)(H,24,26,27). The van der Waals surface area contributed by atoms with E-state index in [0.29, 0.717) is 41.0 Å². The van der Waals surface area contributed by atoms with E-state index in [9.17, 15) is 9.18 Å². The van der Waals surface area contributed by atoms with Crippen LogP contribution in [0.4, 0.5) is 10.2 Å². The summed E-state index contributed by atoms with van der Waals surface area (Å²) in [5.41, 5.74) is 0.942. The molecule has 0 aliphatic rings. The molecule has 2 N–H and O–H groups in total. The Morgan fingerprint density at radius 1 is 1.07 bits per heavy atom. The molecule has 6 nitrogen and oxygen atoms in total. The normalized spacial score (nSPS) is 10.8. The van der Waals surface area contributed by atoms with Crippen LogP contribution >= 0.6 is 11.6 Å². The zero-order valence-electron chi connectivity index (χ0n) is 15.2. The second-order valence-electron chi connectivity index (χ2n) is 6.23. The molecule has 2 aromatic heterocycles. The molecule has 4 aromatic rings. The SMILES string of the molecule is O=C(NCCNc1nc(-c2ccco2)nc2cc(Cl)ccc12)c1cccc(F)c1. The summed E-state index contributed by atoms with van der Waals surface area (Å²) in [6, 6.07) is 14.4. The van der Waals surface area contributed by atoms with Crippen molar-refractivity contribution in [1.29, 1.82) is 0 Å². The van der Waals surface area contributed by atoms with Crippen LogP contribution in [0.3, 0.4) is 0 Å². The van der Waals surface area contributed by atoms with Crippen LogP contribution in [-0.4, -0.2) is 29.0 Å². The number of furan rings is 1. The predicted octanol–water partition coefficient (Wildman–Crippen LogP) is 4.52. The molecule has 2 aromatic carbocycles. The van der Waals surface area contributed by atoms with Gasteiger partial charge in [-0.25, -0.2) is 14.4 Å². The monoisotopic (exact) mass is 410 g/mol. The number of fused-ring (bicyclic) bond motifs is 1. The molecule has 29 heavy (non-hydrogen) atoms. The molecule has 0 aliphatic carbocycles. The third kappa shape index (κ3) is 4.35. The average Bonchev–Trinajstić information content (AvgIpc) is 3.25. The Bertz CT molecular complexity index is 1160. The first-order valence-electron chi connectivity index (χ1n) is 8.89. The van der Waals surface area contributed by atoms with Crippen LogP contribution in [0.25, 0.3) is 22.5 Å². The Morgan fingerprint density at radius 3 is 2.76 bits per heavy atom. The number of nitrogens with one attached hydrogen (secondary N) is 2. The van der Waals surface area contributed by atoms with E-state index in [1.807, 2.05) is 6.07 Å². The number of carbonyl (C=O) groups excluding carboxylic acids is 1. The lowest BCUT2D eigenvalue weighted by atomic mass is 10.2. The van der Waals surface area contributed by atoms with Crippen molar-refractivity contribution >= 4 is 34.2 Å². The van der Waals surface area contributed by atoms with Gasteiger partial charge < -0.3 is 15.1 Å². The number of rotatable bonds is 6. The fraction of sp³-hybridized carbons (Fsp3) is 0.0952. The molecule has 0 spiro atoms. The average molecular weight is 411 g/mol. The molecule has 2 heterocycles. The maximum atomic E-state index is 13.2. The van der Waals surface area contributed by atoms with Crippen molar-refractivity contribution in [2.45, 2.75) is 0 Å². The van der Waals surface area contributed by atoms with Gasteiger partial charge in [-0.05, 0) is 48.5 Å². The number of hydrogen-bond donors (Lipinski definition) is 2. The zero-order valence-corrected chi connectivity index (χ0v) is 15.9. The lowest BCUT2D eigenvalue weighted by Crippen LogP contribution is -2.29. The molecule has 0 atom stereocenters. The fourth-order valence-corrected chi connectivity index (χ4v) is 3.01. The van der Waals surface area contributed by atoms with E-state index < -0.39 is 5.82 Å². The van der Waals surface area contributed by atoms with Gasteiger partial charge in [-0.15, -0.1) is 0 Å². The predicted molar refractivity (Wildman–Crippen MR) is 109 cm³/mol. The van der Waals surface area contributed by atoms with Crippen molar-refractivity contribution in [3.8, 4) is 11.6 Å². The highest BCUT2D eigenvalue weighted by atomic mass is 35.5. The number of anilines is 1. The highest BCUT2D eigenvalue weighted by Crippen LogP contribution is 2.27. The summed E-state index contributed by atoms with van der Waals surface area (Å²) in [5, 5.41) is 7.31. The Hall–Kier alpha value is -3.45. The van der Waals surface area contributed by atoms with E-state index >= 15 is 0 Å². The van der Waals surface area contributed by atoms with E-state index in [0.717, 1.165) is 5.39 Å². The van der Waals surface area contributed by atoms with Gasteiger partial charge in [0.1, 0.15) is 11.6 Å². The maximum absolute atomic E-state index is 13.2. The van der Waals surface area contributed by atoms with Crippen LogP contribution in [0.1, 0.15) is 10.4 Å². The van der Waals surface area contributed by atoms with Gasteiger partial charge in [0.05, 0.1) is 11.8 Å². The molecule has 0 radical (unpaired) electrons. The summed E-state index contributed by atoms with van der Waals surface area (Å²) in [7, 11) is 0. The van der Waals surface area contributed by atoms with Crippen molar-refractivity contribution in [1.82, 2.24) is 15.3 Å². The van der Waals surface area contributed by atoms with Crippen molar-refractivity contribution in [2.24, 2.45) is 0 Å². The van der Waals surface area contributed by atoms with Crippen LogP contribution < -0.4 is 10.6 Å². The summed E-state index contributed by atoms with van der Waals surface area (Å²) in [5.74, 6) is 0.762. The summed E-state index contributed by atoms with van der Waals surface area (Å²) in [4.78, 5) is 21.2. The molecule has 146 valence electrons. The maximum Gasteiger partial charge on any atom is 0.251 e. The van der Waals surface area contributed by atoms with Crippen LogP contribution in [0, 0.1) is 5.82 Å². The Kier molecular flexibility index (Phi) is 5.39. The van der Waals surface area contributed by atoms with Crippen LogP contribution in [0.5, 0.6) is 0 Å². The third-order valence-corrected chi connectivity index (χ3v) is 4.43. The van der Waals surface area contributed by atoms with Gasteiger partial charge in [0.25, 0.3) is 5.91 Å². The molecule has 0 fully saturated rings. The van der Waals surface area contributed by atoms with Crippen LogP contribution in [-0.2, 0) is 0 Å². The highest BCUT2D eigenvalue weighted by Gasteiger charge is 2.12. The number of halogens is 2. The van der Waals surface area contributed by atoms with Gasteiger partial charge in [-0.2, -0.15) is 0 Å². The molecule has 0 aliphatic heterocycles. The lowest BCUT2D eigenvalue weighted by molar-refractivity contribution is 0.0954. The second kappa shape index (κ2) is 8.28. The highest BCUT2D eigenvalue weighted by molar-refractivity contribution is 6.31. The van der Waals surface area contributed by atoms with Crippen molar-refractivity contribution < 1.29 is 13.6 Å². The first-order chi connectivity index (χ1) is 14.1. The number of carbonyl (C=O) groups is 1. The minimum atomic E-state index is -0.452. The van der Waals surface area contributed by atoms with Gasteiger partial charge >= 0.3 is 0 Å². The minimum absolute atomic E-state index is 0.271. The van der Waals surface area contributed by atoms with E-state index in [-0.39, 0.29) is 11.5 Å². The van der Waals surface area contributed by atoms with Crippen LogP contribution in [0.2, 0.25) is 5.02 Å². The number of aromatic nitrogens is 2. The summed E-state index contributed by atoms with van der Waals surface area (Å²) in [6.45, 7) is 0.734. The first-order valence-corrected chi connectivity index (χ1v) is 9.27. The van der Waals surface area contributed by atoms with Gasteiger partial charge in [0.15, 0.2) is 11.6 Å². The van der Waals surface area contributed by atoms with Gasteiger partial charge in [-0.3, -0.25) is 4.79 Å². The van der Waals surface area contributed by atoms with E-state index in [1.165, 1.54) is 18.2 Å². The Labute approximate surface area is 170 Å². The molecule has 0 saturated carbocycles. The summed E-state index contributed by atoms with van der Waals surface area (Å²) in [6.07, 6.45) is 1.55. The quantitative estimate of drug-likeness (QED) is 0.457. The topological polar surface area (TPSA) is 80.0 Å². The van der Waals surface area contributed by atoms with Crippen molar-refractivity contribution in [2.75, 3.05) is 18.4 Å². The Morgan fingerprint density at radius 2 is 1.97 bits per heavy atom. The van der Waals surface area contributed by atoms with Gasteiger partial charge in [0, 0.05) is 29.1 Å². The first kappa shape index (κ1) is 18.9. The van der Waals surface area contributed by atoms with E-state index in [4.69, 9.17) is 16.0 Å². The minimum Gasteiger partial charge on any atom is -0.461 e. The fourth-order valence-electron chi connectivity index (χ4n) is 2.84. The molecule has 8 heteroatoms. The molecule has 0 bridgehead atoms. The molecule has 1 amide bonds. The molecule has 0 unspecified atom stereocenters. The van der Waals surface area contributed by atoms with Crippen molar-refractivity contribution in [3.05, 3.63) is 77.3 Å². The van der Waals surface area contributed by atoms with E-state index in [1.54, 1.807) is 36.6 Å². The molecule has 4 rings (SSSR count). The summed E-state index contributed by atoms with van der Waals surface area (Å²) < 4.78 is 18.6. The van der Waals surface area contributed by atoms with Gasteiger partial charge in [0.2, 0.25) is 0 Å². The molecular weight excluding hydrogens is 395 g/mol. The number of amides is 1. The smallest absolute Gasteiger partial charge is 0.251 e. The van der Waals surface area contributed by atoms with Crippen molar-refractivity contribution in [3.63, 3.8) is 0 Å². The number of benzene rings is 2. The lowest BCUT2D eigenvalue weighted by Gasteiger charge is -2.11. The summed E-state index contributed by atoms with van der Waals surface area (Å²) >= 11 is 6.10. The largest absolute Gasteiger partial charge is 0.461 e. The van der Waals surface area contributed by atoms with Gasteiger partial charge in [-0.1, -0.05) is 17.7 Å². The zero-order chi connectivity index (χ0) is 20.2. The van der Waals surface area contributed by atoms with E-state index in [2.05, 4.69) is 20.6 Å². The second-order valence-corrected chi connectivity index (χ2v) is 6.66. The Balaban J connectivity index is 1.49. The van der Waals surface area contributed by atoms with Crippen LogP contribution in [0.15, 0.2) is 65.3 Å². The molecule has 0 saturated heterocycles. The number of hydrogen-bond acceptors (Lipinski definition) is 5. The molecular formula is C21H16ClFN4O2. The number of nitrogens with zero attached hydrogens (tertiary/aromatic N) is 2.